The fourth-order valence-corrected chi connectivity index (χ4v) is 1.41. The molecule has 0 spiro atoms. The Kier molecular flexibility index (Phi) is 4.06. The van der Waals surface area contributed by atoms with E-state index >= 15 is 0 Å². The van der Waals surface area contributed by atoms with E-state index in [1.165, 1.54) is 0 Å². The minimum atomic E-state index is -0.981. The smallest absolute Gasteiger partial charge is 0.356 e. The molecule has 5 heteroatoms. The van der Waals surface area contributed by atoms with E-state index in [2.05, 4.69) is 10.3 Å². The second kappa shape index (κ2) is 5.12. The molecule has 0 aliphatic rings. The van der Waals surface area contributed by atoms with Gasteiger partial charge in [0, 0.05) is 18.3 Å². The van der Waals surface area contributed by atoms with Gasteiger partial charge in [-0.05, 0) is 13.8 Å². The summed E-state index contributed by atoms with van der Waals surface area (Å²) in [5.74, 6) is -0.216. The highest BCUT2D eigenvalue weighted by Gasteiger charge is 2.14. The Morgan fingerprint density at radius 3 is 2.56 bits per heavy atom. The van der Waals surface area contributed by atoms with Crippen molar-refractivity contribution in [1.29, 1.82) is 0 Å². The van der Waals surface area contributed by atoms with Gasteiger partial charge in [0.2, 0.25) is 0 Å². The number of aromatic nitrogens is 2. The number of hydrogen-bond acceptors (Lipinski definition) is 3. The topological polar surface area (TPSA) is 67.2 Å². The summed E-state index contributed by atoms with van der Waals surface area (Å²) in [6, 6.07) is 0.565. The number of carbonyl (C=O) groups is 1. The molecular formula is C11H19N3O2. The highest BCUT2D eigenvalue weighted by atomic mass is 16.4. The lowest BCUT2D eigenvalue weighted by Crippen LogP contribution is -2.24. The van der Waals surface area contributed by atoms with E-state index in [9.17, 15) is 4.79 Å². The molecule has 0 saturated carbocycles. The highest BCUT2D eigenvalue weighted by Crippen LogP contribution is 2.11. The first-order chi connectivity index (χ1) is 7.41. The van der Waals surface area contributed by atoms with Crippen LogP contribution in [0.5, 0.6) is 0 Å². The van der Waals surface area contributed by atoms with Crippen molar-refractivity contribution in [1.82, 2.24) is 14.9 Å². The number of imidazole rings is 1. The fourth-order valence-electron chi connectivity index (χ4n) is 1.41. The van der Waals surface area contributed by atoms with Crippen molar-refractivity contribution < 1.29 is 9.90 Å². The van der Waals surface area contributed by atoms with Crippen LogP contribution in [0.1, 0.15) is 50.0 Å². The largest absolute Gasteiger partial charge is 0.476 e. The Balaban J connectivity index is 2.91. The summed E-state index contributed by atoms with van der Waals surface area (Å²) in [4.78, 5) is 14.9. The SMILES string of the molecule is CC(C)NCc1nc(C(=O)O)cn1C(C)C. The van der Waals surface area contributed by atoms with Crippen LogP contribution in [-0.4, -0.2) is 26.7 Å². The zero-order chi connectivity index (χ0) is 12.3. The Hall–Kier alpha value is -1.36. The van der Waals surface area contributed by atoms with Gasteiger partial charge < -0.3 is 15.0 Å². The van der Waals surface area contributed by atoms with Crippen LogP contribution in [0.2, 0.25) is 0 Å². The summed E-state index contributed by atoms with van der Waals surface area (Å²) in [6.45, 7) is 8.68. The molecule has 1 aromatic heterocycles. The van der Waals surface area contributed by atoms with Gasteiger partial charge in [-0.15, -0.1) is 0 Å². The third-order valence-corrected chi connectivity index (χ3v) is 2.25. The van der Waals surface area contributed by atoms with Gasteiger partial charge in [0.25, 0.3) is 0 Å². The number of nitrogens with one attached hydrogen (secondary N) is 1. The molecule has 90 valence electrons. The molecule has 5 nitrogen and oxygen atoms in total. The zero-order valence-corrected chi connectivity index (χ0v) is 10.2. The van der Waals surface area contributed by atoms with Crippen molar-refractivity contribution in [2.75, 3.05) is 0 Å². The number of aromatic carboxylic acids is 1. The molecule has 0 radical (unpaired) electrons. The highest BCUT2D eigenvalue weighted by molar-refractivity contribution is 5.85. The van der Waals surface area contributed by atoms with Crippen molar-refractivity contribution in [3.8, 4) is 0 Å². The lowest BCUT2D eigenvalue weighted by molar-refractivity contribution is 0.0691. The number of carboxylic acid groups (broad SMARTS) is 1. The van der Waals surface area contributed by atoms with Crippen LogP contribution in [0.3, 0.4) is 0 Å². The van der Waals surface area contributed by atoms with Gasteiger partial charge >= 0.3 is 5.97 Å². The Morgan fingerprint density at radius 1 is 1.50 bits per heavy atom. The summed E-state index contributed by atoms with van der Waals surface area (Å²) in [5, 5.41) is 12.1. The van der Waals surface area contributed by atoms with E-state index in [4.69, 9.17) is 5.11 Å². The lowest BCUT2D eigenvalue weighted by atomic mass is 10.3. The molecular weight excluding hydrogens is 206 g/mol. The molecule has 16 heavy (non-hydrogen) atoms. The van der Waals surface area contributed by atoms with Gasteiger partial charge in [-0.2, -0.15) is 0 Å². The third kappa shape index (κ3) is 3.06. The fraction of sp³-hybridized carbons (Fsp3) is 0.636. The van der Waals surface area contributed by atoms with Gasteiger partial charge in [0.1, 0.15) is 5.82 Å². The van der Waals surface area contributed by atoms with Crippen LogP contribution in [0.4, 0.5) is 0 Å². The quantitative estimate of drug-likeness (QED) is 0.799. The van der Waals surface area contributed by atoms with Crippen molar-refractivity contribution in [2.45, 2.75) is 46.3 Å². The normalized spacial score (nSPS) is 11.4. The number of nitrogens with zero attached hydrogens (tertiary/aromatic N) is 2. The van der Waals surface area contributed by atoms with Gasteiger partial charge in [-0.1, -0.05) is 13.8 Å². The molecule has 0 saturated heterocycles. The number of carboxylic acids is 1. The van der Waals surface area contributed by atoms with E-state index in [0.717, 1.165) is 5.82 Å². The molecule has 1 aromatic rings. The molecule has 2 N–H and O–H groups in total. The van der Waals surface area contributed by atoms with Crippen LogP contribution < -0.4 is 5.32 Å². The van der Waals surface area contributed by atoms with E-state index in [1.54, 1.807) is 6.20 Å². The van der Waals surface area contributed by atoms with Crippen molar-refractivity contribution in [3.63, 3.8) is 0 Å². The van der Waals surface area contributed by atoms with Crippen molar-refractivity contribution in [3.05, 3.63) is 17.7 Å². The molecule has 0 atom stereocenters. The Morgan fingerprint density at radius 2 is 2.12 bits per heavy atom. The zero-order valence-electron chi connectivity index (χ0n) is 10.2. The molecule has 0 aliphatic heterocycles. The average Bonchev–Trinajstić information content (AvgIpc) is 2.58. The van der Waals surface area contributed by atoms with Crippen LogP contribution in [0.25, 0.3) is 0 Å². The minimum Gasteiger partial charge on any atom is -0.476 e. The first-order valence-corrected chi connectivity index (χ1v) is 5.46. The summed E-state index contributed by atoms with van der Waals surface area (Å²) in [6.07, 6.45) is 1.59. The van der Waals surface area contributed by atoms with Crippen LogP contribution in [-0.2, 0) is 6.54 Å². The van der Waals surface area contributed by atoms with Crippen LogP contribution >= 0.6 is 0 Å². The molecule has 0 amide bonds. The predicted octanol–water partition coefficient (Wildman–Crippen LogP) is 1.66. The van der Waals surface area contributed by atoms with E-state index < -0.39 is 5.97 Å². The number of rotatable bonds is 5. The van der Waals surface area contributed by atoms with Crippen LogP contribution in [0, 0.1) is 0 Å². The monoisotopic (exact) mass is 225 g/mol. The molecule has 0 aliphatic carbocycles. The first-order valence-electron chi connectivity index (χ1n) is 5.46. The molecule has 0 bridgehead atoms. The Bertz CT molecular complexity index is 369. The molecule has 1 heterocycles. The molecule has 0 aromatic carbocycles. The molecule has 0 unspecified atom stereocenters. The van der Waals surface area contributed by atoms with Crippen molar-refractivity contribution in [2.24, 2.45) is 0 Å². The van der Waals surface area contributed by atoms with Crippen LogP contribution in [0.15, 0.2) is 6.20 Å². The van der Waals surface area contributed by atoms with E-state index in [-0.39, 0.29) is 11.7 Å². The predicted molar refractivity (Wildman–Crippen MR) is 61.5 cm³/mol. The lowest BCUT2D eigenvalue weighted by Gasteiger charge is -2.13. The minimum absolute atomic E-state index is 0.106. The maximum Gasteiger partial charge on any atom is 0.356 e. The summed E-state index contributed by atoms with van der Waals surface area (Å²) < 4.78 is 1.89. The van der Waals surface area contributed by atoms with Gasteiger partial charge in [-0.3, -0.25) is 0 Å². The third-order valence-electron chi connectivity index (χ3n) is 2.25. The van der Waals surface area contributed by atoms with Gasteiger partial charge in [0.05, 0.1) is 6.54 Å². The summed E-state index contributed by atoms with van der Waals surface area (Å²) in [7, 11) is 0. The van der Waals surface area contributed by atoms with Gasteiger partial charge in [0.15, 0.2) is 5.69 Å². The Labute approximate surface area is 95.5 Å². The number of hydrogen-bond donors (Lipinski definition) is 2. The van der Waals surface area contributed by atoms with Crippen molar-refractivity contribution >= 4 is 5.97 Å². The van der Waals surface area contributed by atoms with E-state index in [0.29, 0.717) is 12.6 Å². The summed E-state index contributed by atoms with van der Waals surface area (Å²) in [5.41, 5.74) is 0.106. The van der Waals surface area contributed by atoms with Gasteiger partial charge in [-0.25, -0.2) is 9.78 Å². The van der Waals surface area contributed by atoms with E-state index in [1.807, 2.05) is 32.3 Å². The average molecular weight is 225 g/mol. The maximum atomic E-state index is 10.8. The second-order valence-electron chi connectivity index (χ2n) is 4.38. The first kappa shape index (κ1) is 12.7. The standard InChI is InChI=1S/C11H19N3O2/c1-7(2)12-5-10-13-9(11(15)16)6-14(10)8(3)4/h6-8,12H,5H2,1-4H3,(H,15,16). The maximum absolute atomic E-state index is 10.8. The molecule has 0 fully saturated rings. The second-order valence-corrected chi connectivity index (χ2v) is 4.38. The molecule has 1 rings (SSSR count). The summed E-state index contributed by atoms with van der Waals surface area (Å²) >= 11 is 0.